The van der Waals surface area contributed by atoms with E-state index in [0.29, 0.717) is 6.10 Å². The molecule has 142 valence electrons. The average Bonchev–Trinajstić information content (AvgIpc) is 3.14. The first-order chi connectivity index (χ1) is 13.0. The number of benzene rings is 2. The topological polar surface area (TPSA) is 9.23 Å². The molecule has 2 atom stereocenters. The summed E-state index contributed by atoms with van der Waals surface area (Å²) in [7, 11) is -2.41. The molecule has 0 unspecified atom stereocenters. The zero-order valence-corrected chi connectivity index (χ0v) is 17.9. The van der Waals surface area contributed by atoms with Gasteiger partial charge in [-0.2, -0.15) is 0 Å². The van der Waals surface area contributed by atoms with Crippen LogP contribution in [0.5, 0.6) is 0 Å². The van der Waals surface area contributed by atoms with Crippen LogP contribution in [0.15, 0.2) is 72.3 Å². The van der Waals surface area contributed by atoms with Gasteiger partial charge in [-0.1, -0.05) is 93.1 Å². The van der Waals surface area contributed by atoms with E-state index in [1.807, 2.05) is 0 Å². The maximum absolute atomic E-state index is 7.32. The second-order valence-electron chi connectivity index (χ2n) is 9.24. The van der Waals surface area contributed by atoms with Crippen molar-refractivity contribution in [3.8, 4) is 0 Å². The first-order valence-electron chi connectivity index (χ1n) is 10.5. The number of allylic oxidation sites excluding steroid dienone is 1. The van der Waals surface area contributed by atoms with Crippen LogP contribution in [0.25, 0.3) is 0 Å². The SMILES string of the molecule is CC(C)(C)[Si](O[C@H]1CC=C2CCC[C@@H]2C1)(c1ccccc1)c1ccccc1. The van der Waals surface area contributed by atoms with Crippen molar-refractivity contribution in [2.24, 2.45) is 5.92 Å². The van der Waals surface area contributed by atoms with Crippen molar-refractivity contribution in [3.05, 3.63) is 72.3 Å². The summed E-state index contributed by atoms with van der Waals surface area (Å²) in [5.41, 5.74) is 1.71. The minimum atomic E-state index is -2.41. The largest absolute Gasteiger partial charge is 0.404 e. The Balaban J connectivity index is 1.78. The van der Waals surface area contributed by atoms with Crippen LogP contribution in [0, 0.1) is 5.92 Å². The molecule has 2 heteroatoms. The van der Waals surface area contributed by atoms with Crippen molar-refractivity contribution in [3.63, 3.8) is 0 Å². The van der Waals surface area contributed by atoms with Gasteiger partial charge < -0.3 is 4.43 Å². The molecule has 0 saturated heterocycles. The summed E-state index contributed by atoms with van der Waals surface area (Å²) in [6.45, 7) is 7.12. The molecule has 0 amide bonds. The Hall–Kier alpha value is -1.64. The molecule has 0 spiro atoms. The van der Waals surface area contributed by atoms with E-state index in [1.165, 1.54) is 36.1 Å². The van der Waals surface area contributed by atoms with Crippen LogP contribution in [0.2, 0.25) is 5.04 Å². The van der Waals surface area contributed by atoms with Crippen LogP contribution < -0.4 is 10.4 Å². The highest BCUT2D eigenvalue weighted by molar-refractivity contribution is 6.99. The first kappa shape index (κ1) is 18.7. The van der Waals surface area contributed by atoms with E-state index < -0.39 is 8.32 Å². The minimum Gasteiger partial charge on any atom is -0.404 e. The Bertz CT molecular complexity index is 749. The number of fused-ring (bicyclic) bond motifs is 1. The summed E-state index contributed by atoms with van der Waals surface area (Å²) < 4.78 is 7.32. The fourth-order valence-corrected chi connectivity index (χ4v) is 9.92. The molecular formula is C25H32OSi. The molecule has 0 heterocycles. The van der Waals surface area contributed by atoms with Crippen LogP contribution >= 0.6 is 0 Å². The second kappa shape index (κ2) is 7.41. The Labute approximate surface area is 165 Å². The highest BCUT2D eigenvalue weighted by atomic mass is 28.4. The Kier molecular flexibility index (Phi) is 5.13. The molecule has 2 aliphatic rings. The van der Waals surface area contributed by atoms with Gasteiger partial charge in [0.1, 0.15) is 0 Å². The number of rotatable bonds is 4. The second-order valence-corrected chi connectivity index (χ2v) is 13.5. The molecule has 0 aromatic heterocycles. The molecule has 1 saturated carbocycles. The molecule has 2 aromatic carbocycles. The monoisotopic (exact) mass is 376 g/mol. The van der Waals surface area contributed by atoms with E-state index >= 15 is 0 Å². The van der Waals surface area contributed by atoms with E-state index in [0.717, 1.165) is 12.3 Å². The average molecular weight is 377 g/mol. The van der Waals surface area contributed by atoms with Gasteiger partial charge in [0.15, 0.2) is 0 Å². The molecular weight excluding hydrogens is 344 g/mol. The molecule has 4 rings (SSSR count). The quantitative estimate of drug-likeness (QED) is 0.509. The maximum atomic E-state index is 7.32. The van der Waals surface area contributed by atoms with Crippen LogP contribution in [0.3, 0.4) is 0 Å². The third-order valence-corrected chi connectivity index (χ3v) is 11.6. The van der Waals surface area contributed by atoms with Gasteiger partial charge in [-0.3, -0.25) is 0 Å². The van der Waals surface area contributed by atoms with E-state index in [9.17, 15) is 0 Å². The Morgan fingerprint density at radius 1 is 0.889 bits per heavy atom. The smallest absolute Gasteiger partial charge is 0.261 e. The molecule has 0 radical (unpaired) electrons. The molecule has 0 bridgehead atoms. The predicted molar refractivity (Wildman–Crippen MR) is 117 cm³/mol. The minimum absolute atomic E-state index is 0.0649. The van der Waals surface area contributed by atoms with E-state index in [1.54, 1.807) is 5.57 Å². The third kappa shape index (κ3) is 3.46. The lowest BCUT2D eigenvalue weighted by molar-refractivity contribution is 0.158. The van der Waals surface area contributed by atoms with Crippen LogP contribution in [0.1, 0.15) is 52.9 Å². The normalized spacial score (nSPS) is 23.0. The van der Waals surface area contributed by atoms with Crippen LogP contribution in [-0.2, 0) is 4.43 Å². The number of hydrogen-bond acceptors (Lipinski definition) is 1. The van der Waals surface area contributed by atoms with Gasteiger partial charge in [-0.25, -0.2) is 0 Å². The maximum Gasteiger partial charge on any atom is 0.261 e. The van der Waals surface area contributed by atoms with Crippen molar-refractivity contribution in [1.82, 2.24) is 0 Å². The van der Waals surface area contributed by atoms with Gasteiger partial charge in [0, 0.05) is 6.10 Å². The molecule has 0 aliphatic heterocycles. The van der Waals surface area contributed by atoms with Crippen LogP contribution in [0.4, 0.5) is 0 Å². The van der Waals surface area contributed by atoms with E-state index in [4.69, 9.17) is 4.43 Å². The van der Waals surface area contributed by atoms with Gasteiger partial charge in [0.05, 0.1) is 0 Å². The number of hydrogen-bond donors (Lipinski definition) is 0. The zero-order valence-electron chi connectivity index (χ0n) is 16.9. The standard InChI is InChI=1S/C25H32OSi/c1-25(2,3)27(23-13-6-4-7-14-23,24-15-8-5-9-16-24)26-22-18-17-20-11-10-12-21(20)19-22/h4-9,13-17,21-22H,10-12,18-19H2,1-3H3/t21-,22+/m1/s1. The lowest BCUT2D eigenvalue weighted by Gasteiger charge is -2.46. The van der Waals surface area contributed by atoms with Gasteiger partial charge in [0.25, 0.3) is 8.32 Å². The van der Waals surface area contributed by atoms with Crippen molar-refractivity contribution in [2.45, 2.75) is 64.0 Å². The molecule has 2 aliphatic carbocycles. The lowest BCUT2D eigenvalue weighted by atomic mass is 9.88. The van der Waals surface area contributed by atoms with Crippen molar-refractivity contribution in [2.75, 3.05) is 0 Å². The Morgan fingerprint density at radius 3 is 2.04 bits per heavy atom. The fourth-order valence-electron chi connectivity index (χ4n) is 5.21. The van der Waals surface area contributed by atoms with Gasteiger partial charge in [-0.15, -0.1) is 0 Å². The summed E-state index contributed by atoms with van der Waals surface area (Å²) in [6, 6.07) is 22.1. The van der Waals surface area contributed by atoms with Crippen molar-refractivity contribution >= 4 is 18.7 Å². The fraction of sp³-hybridized carbons (Fsp3) is 0.440. The van der Waals surface area contributed by atoms with Gasteiger partial charge >= 0.3 is 0 Å². The van der Waals surface area contributed by atoms with E-state index in [-0.39, 0.29) is 5.04 Å². The molecule has 1 fully saturated rings. The summed E-state index contributed by atoms with van der Waals surface area (Å²) >= 11 is 0. The first-order valence-corrected chi connectivity index (χ1v) is 12.4. The zero-order chi connectivity index (χ0) is 18.9. The molecule has 2 aromatic rings. The summed E-state index contributed by atoms with van der Waals surface area (Å²) in [6.07, 6.45) is 9.16. The van der Waals surface area contributed by atoms with Crippen LogP contribution in [-0.4, -0.2) is 14.4 Å². The predicted octanol–water partition coefficient (Wildman–Crippen LogP) is 5.45. The summed E-state index contributed by atoms with van der Waals surface area (Å²) in [5, 5.41) is 2.85. The van der Waals surface area contributed by atoms with Crippen molar-refractivity contribution < 1.29 is 4.43 Å². The Morgan fingerprint density at radius 2 is 1.48 bits per heavy atom. The van der Waals surface area contributed by atoms with E-state index in [2.05, 4.69) is 87.5 Å². The molecule has 27 heavy (non-hydrogen) atoms. The van der Waals surface area contributed by atoms with Crippen molar-refractivity contribution in [1.29, 1.82) is 0 Å². The highest BCUT2D eigenvalue weighted by Gasteiger charge is 2.51. The molecule has 0 N–H and O–H groups in total. The summed E-state index contributed by atoms with van der Waals surface area (Å²) in [5.74, 6) is 0.766. The third-order valence-electron chi connectivity index (χ3n) is 6.49. The van der Waals surface area contributed by atoms with Gasteiger partial charge in [0.2, 0.25) is 0 Å². The summed E-state index contributed by atoms with van der Waals surface area (Å²) in [4.78, 5) is 0. The van der Waals surface area contributed by atoms with Gasteiger partial charge in [-0.05, 0) is 53.4 Å². The highest BCUT2D eigenvalue weighted by Crippen LogP contribution is 2.43. The lowest BCUT2D eigenvalue weighted by Crippen LogP contribution is -2.67. The molecule has 1 nitrogen and oxygen atoms in total.